The first-order valence-electron chi connectivity index (χ1n) is 8.03. The van der Waals surface area contributed by atoms with Gasteiger partial charge in [0.2, 0.25) is 0 Å². The number of amides is 1. The summed E-state index contributed by atoms with van der Waals surface area (Å²) in [5, 5.41) is 18.0. The number of likely N-dealkylation sites (tertiary alicyclic amines) is 1. The maximum absolute atomic E-state index is 12.8. The molecule has 1 fully saturated rings. The van der Waals surface area contributed by atoms with Gasteiger partial charge in [0.15, 0.2) is 5.69 Å². The largest absolute Gasteiger partial charge is 0.393 e. The molecule has 0 unspecified atom stereocenters. The van der Waals surface area contributed by atoms with E-state index in [-0.39, 0.29) is 11.8 Å². The molecule has 1 aromatic heterocycles. The van der Waals surface area contributed by atoms with Gasteiger partial charge < -0.3 is 10.0 Å². The summed E-state index contributed by atoms with van der Waals surface area (Å²) in [6.45, 7) is 4.93. The molecule has 0 saturated carbocycles. The molecule has 1 aliphatic rings. The second-order valence-corrected chi connectivity index (χ2v) is 6.16. The number of carbonyl (C=O) groups excluding carboxylic acids is 1. The van der Waals surface area contributed by atoms with Crippen LogP contribution in [0.1, 0.15) is 35.9 Å². The average Bonchev–Trinajstić information content (AvgIpc) is 2.96. The Morgan fingerprint density at radius 2 is 2.09 bits per heavy atom. The zero-order chi connectivity index (χ0) is 16.4. The number of nitrogens with zero attached hydrogens (tertiary/aromatic N) is 4. The van der Waals surface area contributed by atoms with Crippen molar-refractivity contribution in [1.29, 1.82) is 0 Å². The van der Waals surface area contributed by atoms with Crippen LogP contribution in [-0.2, 0) is 0 Å². The highest BCUT2D eigenvalue weighted by Crippen LogP contribution is 2.22. The summed E-state index contributed by atoms with van der Waals surface area (Å²) >= 11 is 0. The molecule has 0 aliphatic carbocycles. The van der Waals surface area contributed by atoms with Gasteiger partial charge in [0.1, 0.15) is 0 Å². The molecule has 0 bridgehead atoms. The highest BCUT2D eigenvalue weighted by Gasteiger charge is 2.29. The zero-order valence-corrected chi connectivity index (χ0v) is 13.5. The van der Waals surface area contributed by atoms with Crippen LogP contribution in [0.15, 0.2) is 30.3 Å². The lowest BCUT2D eigenvalue weighted by atomic mass is 9.93. The van der Waals surface area contributed by atoms with Crippen LogP contribution in [0.25, 0.3) is 5.69 Å². The average molecular weight is 314 g/mol. The summed E-state index contributed by atoms with van der Waals surface area (Å²) < 4.78 is 1.68. The number of benzene rings is 1. The maximum atomic E-state index is 12.8. The molecule has 6 heteroatoms. The highest BCUT2D eigenvalue weighted by molar-refractivity contribution is 5.93. The minimum Gasteiger partial charge on any atom is -0.393 e. The van der Waals surface area contributed by atoms with Gasteiger partial charge in [-0.25, -0.2) is 4.68 Å². The Morgan fingerprint density at radius 1 is 1.35 bits per heavy atom. The Labute approximate surface area is 135 Å². The van der Waals surface area contributed by atoms with Crippen LogP contribution >= 0.6 is 0 Å². The van der Waals surface area contributed by atoms with Crippen LogP contribution in [0, 0.1) is 12.8 Å². The molecule has 2 heterocycles. The molecular formula is C17H22N4O2. The quantitative estimate of drug-likeness (QED) is 0.938. The van der Waals surface area contributed by atoms with Crippen LogP contribution in [0.2, 0.25) is 0 Å². The van der Waals surface area contributed by atoms with Crippen LogP contribution in [0.4, 0.5) is 0 Å². The Morgan fingerprint density at radius 3 is 2.78 bits per heavy atom. The van der Waals surface area contributed by atoms with Crippen molar-refractivity contribution in [3.05, 3.63) is 41.7 Å². The van der Waals surface area contributed by atoms with Crippen LogP contribution in [-0.4, -0.2) is 50.1 Å². The van der Waals surface area contributed by atoms with Gasteiger partial charge in [0.25, 0.3) is 5.91 Å². The number of carbonyl (C=O) groups is 1. The normalized spacial score (nSPS) is 19.6. The van der Waals surface area contributed by atoms with E-state index in [1.165, 1.54) is 0 Å². The van der Waals surface area contributed by atoms with Gasteiger partial charge in [-0.1, -0.05) is 23.4 Å². The van der Waals surface area contributed by atoms with E-state index in [2.05, 4.69) is 10.3 Å². The molecule has 1 aromatic carbocycles. The number of rotatable bonds is 3. The topological polar surface area (TPSA) is 71.2 Å². The van der Waals surface area contributed by atoms with Crippen molar-refractivity contribution >= 4 is 5.91 Å². The van der Waals surface area contributed by atoms with Crippen molar-refractivity contribution in [3.8, 4) is 5.69 Å². The van der Waals surface area contributed by atoms with Gasteiger partial charge in [-0.3, -0.25) is 4.79 Å². The summed E-state index contributed by atoms with van der Waals surface area (Å²) in [5.74, 6) is 0.0344. The molecule has 6 nitrogen and oxygen atoms in total. The van der Waals surface area contributed by atoms with Crippen LogP contribution < -0.4 is 0 Å². The van der Waals surface area contributed by atoms with Crippen molar-refractivity contribution in [2.45, 2.75) is 32.8 Å². The lowest BCUT2D eigenvalue weighted by Gasteiger charge is -2.33. The van der Waals surface area contributed by atoms with E-state index < -0.39 is 6.10 Å². The molecule has 3 rings (SSSR count). The number of piperidine rings is 1. The van der Waals surface area contributed by atoms with Gasteiger partial charge in [-0.15, -0.1) is 5.10 Å². The molecule has 1 N–H and O–H groups in total. The van der Waals surface area contributed by atoms with Crippen LogP contribution in [0.5, 0.6) is 0 Å². The fraction of sp³-hybridized carbons (Fsp3) is 0.471. The summed E-state index contributed by atoms with van der Waals surface area (Å²) in [6, 6.07) is 9.65. The van der Waals surface area contributed by atoms with E-state index in [9.17, 15) is 9.90 Å². The molecule has 122 valence electrons. The van der Waals surface area contributed by atoms with E-state index in [1.807, 2.05) is 37.3 Å². The molecule has 0 spiro atoms. The Kier molecular flexibility index (Phi) is 4.43. The number of aliphatic hydroxyl groups excluding tert-OH is 1. The third-order valence-corrected chi connectivity index (χ3v) is 4.53. The molecule has 2 atom stereocenters. The van der Waals surface area contributed by atoms with Gasteiger partial charge in [0, 0.05) is 19.0 Å². The first kappa shape index (κ1) is 15.7. The fourth-order valence-electron chi connectivity index (χ4n) is 3.08. The number of aliphatic hydroxyl groups is 1. The van der Waals surface area contributed by atoms with Crippen LogP contribution in [0.3, 0.4) is 0 Å². The predicted molar refractivity (Wildman–Crippen MR) is 86.4 cm³/mol. The summed E-state index contributed by atoms with van der Waals surface area (Å²) in [7, 11) is 0. The molecular weight excluding hydrogens is 292 g/mol. The van der Waals surface area contributed by atoms with Crippen molar-refractivity contribution in [1.82, 2.24) is 19.9 Å². The van der Waals surface area contributed by atoms with E-state index in [1.54, 1.807) is 16.5 Å². The Hall–Kier alpha value is -2.21. The monoisotopic (exact) mass is 314 g/mol. The molecule has 1 saturated heterocycles. The summed E-state index contributed by atoms with van der Waals surface area (Å²) in [6.07, 6.45) is 1.47. The first-order chi connectivity index (χ1) is 11.1. The van der Waals surface area contributed by atoms with Gasteiger partial charge in [-0.05, 0) is 38.8 Å². The summed E-state index contributed by atoms with van der Waals surface area (Å²) in [4.78, 5) is 14.5. The summed E-state index contributed by atoms with van der Waals surface area (Å²) in [5.41, 5.74) is 2.01. The van der Waals surface area contributed by atoms with Crippen molar-refractivity contribution in [3.63, 3.8) is 0 Å². The van der Waals surface area contributed by atoms with Gasteiger partial charge in [-0.2, -0.15) is 0 Å². The molecule has 2 aromatic rings. The maximum Gasteiger partial charge on any atom is 0.276 e. The zero-order valence-electron chi connectivity index (χ0n) is 13.5. The molecule has 0 radical (unpaired) electrons. The second kappa shape index (κ2) is 6.50. The minimum atomic E-state index is -0.397. The van der Waals surface area contributed by atoms with Crippen molar-refractivity contribution in [2.75, 3.05) is 13.1 Å². The third kappa shape index (κ3) is 3.12. The van der Waals surface area contributed by atoms with Crippen molar-refractivity contribution < 1.29 is 9.90 Å². The first-order valence-corrected chi connectivity index (χ1v) is 8.03. The lowest BCUT2D eigenvalue weighted by molar-refractivity contribution is 0.0461. The predicted octanol–water partition coefficient (Wildman–Crippen LogP) is 1.81. The minimum absolute atomic E-state index is 0.102. The number of para-hydroxylation sites is 1. The Balaban J connectivity index is 1.82. The van der Waals surface area contributed by atoms with Crippen molar-refractivity contribution in [2.24, 2.45) is 5.92 Å². The lowest BCUT2D eigenvalue weighted by Crippen LogP contribution is -2.43. The van der Waals surface area contributed by atoms with E-state index >= 15 is 0 Å². The molecule has 1 aliphatic heterocycles. The van der Waals surface area contributed by atoms with Gasteiger partial charge >= 0.3 is 0 Å². The number of hydrogen-bond donors (Lipinski definition) is 1. The standard InChI is InChI=1S/C17H22N4O2/c1-12-16(18-19-21(12)15-8-4-3-5-9-15)17(23)20-10-6-7-14(11-20)13(2)22/h3-5,8-9,13-14,22H,6-7,10-11H2,1-2H3/t13-,14+/m1/s1. The molecule has 1 amide bonds. The van der Waals surface area contributed by atoms with E-state index in [0.29, 0.717) is 18.8 Å². The van der Waals surface area contributed by atoms with E-state index in [0.717, 1.165) is 24.2 Å². The van der Waals surface area contributed by atoms with Gasteiger partial charge in [0.05, 0.1) is 17.5 Å². The van der Waals surface area contributed by atoms with E-state index in [4.69, 9.17) is 0 Å². The Bertz CT molecular complexity index is 681. The SMILES string of the molecule is Cc1c(C(=O)N2CCC[C@H]([C@@H](C)O)C2)nnn1-c1ccccc1. The molecule has 23 heavy (non-hydrogen) atoms. The number of aromatic nitrogens is 3. The second-order valence-electron chi connectivity index (χ2n) is 6.16. The fourth-order valence-corrected chi connectivity index (χ4v) is 3.08. The highest BCUT2D eigenvalue weighted by atomic mass is 16.3. The number of hydrogen-bond acceptors (Lipinski definition) is 4. The smallest absolute Gasteiger partial charge is 0.276 e. The third-order valence-electron chi connectivity index (χ3n) is 4.53.